The van der Waals surface area contributed by atoms with Crippen LogP contribution >= 0.6 is 0 Å². The fourth-order valence-corrected chi connectivity index (χ4v) is 0.880. The summed E-state index contributed by atoms with van der Waals surface area (Å²) in [6.07, 6.45) is 0. The standard InChI is InChI=1S/C8H10N2O3/c1-4-7(12)10-8(5(2)9-4)13-6(3)11/h1-3H3,(H,10,12). The number of aromatic amines is 1. The summed E-state index contributed by atoms with van der Waals surface area (Å²) >= 11 is 0. The van der Waals surface area contributed by atoms with Crippen LogP contribution in [0.3, 0.4) is 0 Å². The molecule has 1 aromatic rings. The van der Waals surface area contributed by atoms with Gasteiger partial charge < -0.3 is 4.74 Å². The van der Waals surface area contributed by atoms with E-state index in [0.717, 1.165) is 0 Å². The second-order valence-electron chi connectivity index (χ2n) is 2.66. The quantitative estimate of drug-likeness (QED) is 0.634. The van der Waals surface area contributed by atoms with Gasteiger partial charge in [-0.2, -0.15) is 0 Å². The second-order valence-corrected chi connectivity index (χ2v) is 2.66. The monoisotopic (exact) mass is 182 g/mol. The number of hydrogen-bond donors (Lipinski definition) is 1. The van der Waals surface area contributed by atoms with Gasteiger partial charge in [-0.15, -0.1) is 0 Å². The molecule has 0 fully saturated rings. The van der Waals surface area contributed by atoms with Gasteiger partial charge in [-0.1, -0.05) is 0 Å². The summed E-state index contributed by atoms with van der Waals surface area (Å²) in [6.45, 7) is 4.50. The maximum atomic E-state index is 11.1. The molecule has 13 heavy (non-hydrogen) atoms. The summed E-state index contributed by atoms with van der Waals surface area (Å²) < 4.78 is 4.72. The minimum atomic E-state index is -0.482. The third kappa shape index (κ3) is 2.14. The highest BCUT2D eigenvalue weighted by atomic mass is 16.5. The Kier molecular flexibility index (Phi) is 2.46. The number of H-pyrrole nitrogens is 1. The molecule has 0 aliphatic rings. The zero-order valence-electron chi connectivity index (χ0n) is 7.67. The molecule has 70 valence electrons. The average Bonchev–Trinajstić information content (AvgIpc) is 1.99. The highest BCUT2D eigenvalue weighted by molar-refractivity contribution is 5.68. The topological polar surface area (TPSA) is 72.1 Å². The van der Waals surface area contributed by atoms with Crippen molar-refractivity contribution < 1.29 is 9.53 Å². The molecule has 0 aliphatic carbocycles. The van der Waals surface area contributed by atoms with E-state index in [-0.39, 0.29) is 11.4 Å². The van der Waals surface area contributed by atoms with E-state index in [9.17, 15) is 9.59 Å². The van der Waals surface area contributed by atoms with Gasteiger partial charge in [0.15, 0.2) is 0 Å². The number of aromatic nitrogens is 2. The van der Waals surface area contributed by atoms with Crippen LogP contribution in [-0.2, 0) is 4.79 Å². The van der Waals surface area contributed by atoms with Gasteiger partial charge in [-0.05, 0) is 13.8 Å². The zero-order chi connectivity index (χ0) is 10.0. The number of rotatable bonds is 1. The molecule has 0 amide bonds. The van der Waals surface area contributed by atoms with Crippen LogP contribution in [0.25, 0.3) is 0 Å². The fraction of sp³-hybridized carbons (Fsp3) is 0.375. The number of esters is 1. The van der Waals surface area contributed by atoms with Crippen LogP contribution < -0.4 is 10.3 Å². The van der Waals surface area contributed by atoms with E-state index in [1.807, 2.05) is 0 Å². The molecule has 0 aromatic carbocycles. The number of carbonyl (C=O) groups excluding carboxylic acids is 1. The fourth-order valence-electron chi connectivity index (χ4n) is 0.880. The van der Waals surface area contributed by atoms with E-state index in [1.165, 1.54) is 6.92 Å². The maximum absolute atomic E-state index is 11.1. The summed E-state index contributed by atoms with van der Waals surface area (Å²) in [6, 6.07) is 0. The molecule has 1 N–H and O–H groups in total. The van der Waals surface area contributed by atoms with E-state index in [4.69, 9.17) is 4.74 Å². The molecule has 1 heterocycles. The summed E-state index contributed by atoms with van der Waals surface area (Å²) in [4.78, 5) is 28.0. The Morgan fingerprint density at radius 1 is 1.38 bits per heavy atom. The number of ether oxygens (including phenoxy) is 1. The van der Waals surface area contributed by atoms with Crippen molar-refractivity contribution in [3.63, 3.8) is 0 Å². The largest absolute Gasteiger partial charge is 0.408 e. The summed E-state index contributed by atoms with van der Waals surface area (Å²) in [5, 5.41) is 0. The van der Waals surface area contributed by atoms with Crippen molar-refractivity contribution in [2.75, 3.05) is 0 Å². The molecule has 5 heteroatoms. The van der Waals surface area contributed by atoms with Crippen molar-refractivity contribution >= 4 is 5.97 Å². The third-order valence-electron chi connectivity index (χ3n) is 1.47. The summed E-state index contributed by atoms with van der Waals surface area (Å²) in [5.74, 6) is -0.368. The number of hydrogen-bond acceptors (Lipinski definition) is 4. The number of aryl methyl sites for hydroxylation is 2. The van der Waals surface area contributed by atoms with E-state index in [1.54, 1.807) is 13.8 Å². The predicted molar refractivity (Wildman–Crippen MR) is 45.6 cm³/mol. The van der Waals surface area contributed by atoms with Gasteiger partial charge in [0.25, 0.3) is 5.56 Å². The van der Waals surface area contributed by atoms with Gasteiger partial charge in [-0.25, -0.2) is 4.98 Å². The maximum Gasteiger partial charge on any atom is 0.309 e. The molecule has 0 aliphatic heterocycles. The molecule has 5 nitrogen and oxygen atoms in total. The number of nitrogens with one attached hydrogen (secondary N) is 1. The average molecular weight is 182 g/mol. The molecular formula is C8H10N2O3. The Morgan fingerprint density at radius 3 is 2.54 bits per heavy atom. The molecule has 0 bridgehead atoms. The van der Waals surface area contributed by atoms with Gasteiger partial charge in [0.1, 0.15) is 5.69 Å². The first-order chi connectivity index (χ1) is 6.00. The highest BCUT2D eigenvalue weighted by Gasteiger charge is 2.06. The van der Waals surface area contributed by atoms with Gasteiger partial charge >= 0.3 is 5.97 Å². The van der Waals surface area contributed by atoms with E-state index < -0.39 is 5.97 Å². The minimum Gasteiger partial charge on any atom is -0.408 e. The Hall–Kier alpha value is -1.65. The summed E-state index contributed by atoms with van der Waals surface area (Å²) in [5.41, 5.74) is 0.502. The molecule has 0 atom stereocenters. The van der Waals surface area contributed by atoms with Crippen LogP contribution in [0.4, 0.5) is 0 Å². The van der Waals surface area contributed by atoms with Gasteiger partial charge in [0.05, 0.1) is 5.69 Å². The second kappa shape index (κ2) is 3.38. The predicted octanol–water partition coefficient (Wildman–Crippen LogP) is 0.312. The van der Waals surface area contributed by atoms with Crippen molar-refractivity contribution in [1.82, 2.24) is 9.97 Å². The molecule has 0 saturated heterocycles. The molecule has 0 saturated carbocycles. The highest BCUT2D eigenvalue weighted by Crippen LogP contribution is 2.08. The smallest absolute Gasteiger partial charge is 0.309 e. The SMILES string of the molecule is CC(=O)Oc1[nH]c(=O)c(C)nc1C. The van der Waals surface area contributed by atoms with Crippen molar-refractivity contribution in [2.24, 2.45) is 0 Å². The molecule has 1 aromatic heterocycles. The zero-order valence-corrected chi connectivity index (χ0v) is 7.67. The lowest BCUT2D eigenvalue weighted by atomic mass is 10.4. The van der Waals surface area contributed by atoms with Crippen LogP contribution in [0.5, 0.6) is 5.88 Å². The molecule has 0 unspecified atom stereocenters. The van der Waals surface area contributed by atoms with Crippen LogP contribution in [0, 0.1) is 13.8 Å². The van der Waals surface area contributed by atoms with Crippen molar-refractivity contribution in [3.05, 3.63) is 21.7 Å². The Bertz CT molecular complexity index is 395. The Balaban J connectivity index is 3.16. The van der Waals surface area contributed by atoms with Crippen molar-refractivity contribution in [1.29, 1.82) is 0 Å². The van der Waals surface area contributed by atoms with Gasteiger partial charge in [0, 0.05) is 6.92 Å². The van der Waals surface area contributed by atoms with Crippen LogP contribution in [0.15, 0.2) is 4.79 Å². The van der Waals surface area contributed by atoms with Gasteiger partial charge in [0.2, 0.25) is 5.88 Å². The molecule has 0 spiro atoms. The normalized spacial score (nSPS) is 9.77. The van der Waals surface area contributed by atoms with E-state index in [0.29, 0.717) is 11.4 Å². The Labute approximate surface area is 74.8 Å². The van der Waals surface area contributed by atoms with Crippen molar-refractivity contribution in [3.8, 4) is 5.88 Å². The minimum absolute atomic E-state index is 0.114. The Morgan fingerprint density at radius 2 is 2.00 bits per heavy atom. The van der Waals surface area contributed by atoms with E-state index >= 15 is 0 Å². The molecule has 1 rings (SSSR count). The molecular weight excluding hydrogens is 172 g/mol. The lowest BCUT2D eigenvalue weighted by Gasteiger charge is -2.03. The number of carbonyl (C=O) groups is 1. The first-order valence-corrected chi connectivity index (χ1v) is 3.76. The first-order valence-electron chi connectivity index (χ1n) is 3.76. The third-order valence-corrected chi connectivity index (χ3v) is 1.47. The molecule has 0 radical (unpaired) electrons. The van der Waals surface area contributed by atoms with Gasteiger partial charge in [-0.3, -0.25) is 14.6 Å². The lowest BCUT2D eigenvalue weighted by molar-refractivity contribution is -0.132. The van der Waals surface area contributed by atoms with E-state index in [2.05, 4.69) is 9.97 Å². The number of nitrogens with zero attached hydrogens (tertiary/aromatic N) is 1. The van der Waals surface area contributed by atoms with Crippen LogP contribution in [0.1, 0.15) is 18.3 Å². The summed E-state index contributed by atoms with van der Waals surface area (Å²) in [7, 11) is 0. The first kappa shape index (κ1) is 9.44. The van der Waals surface area contributed by atoms with Crippen molar-refractivity contribution in [2.45, 2.75) is 20.8 Å². The van der Waals surface area contributed by atoms with Crippen LogP contribution in [0.2, 0.25) is 0 Å². The van der Waals surface area contributed by atoms with Crippen LogP contribution in [-0.4, -0.2) is 15.9 Å². The lowest BCUT2D eigenvalue weighted by Crippen LogP contribution is -2.16.